The smallest absolute Gasteiger partial charge is 0.222 e. The molecule has 0 saturated carbocycles. The molecule has 106 valence electrons. The molecular formula is C14H13Cl3N2O. The van der Waals surface area contributed by atoms with Crippen LogP contribution in [-0.2, 0) is 6.54 Å². The van der Waals surface area contributed by atoms with Gasteiger partial charge >= 0.3 is 0 Å². The minimum atomic E-state index is 0.385. The van der Waals surface area contributed by atoms with Gasteiger partial charge in [-0.15, -0.1) is 0 Å². The molecule has 2 aromatic rings. The number of aromatic nitrogens is 1. The van der Waals surface area contributed by atoms with E-state index >= 15 is 0 Å². The second-order valence-electron chi connectivity index (χ2n) is 4.29. The Morgan fingerprint density at radius 1 is 1.10 bits per heavy atom. The lowest BCUT2D eigenvalue weighted by atomic mass is 10.2. The van der Waals surface area contributed by atoms with Gasteiger partial charge in [0.2, 0.25) is 5.88 Å². The first-order valence-electron chi connectivity index (χ1n) is 5.93. The summed E-state index contributed by atoms with van der Waals surface area (Å²) in [5.41, 5.74) is 2.00. The Bertz CT molecular complexity index is 632. The summed E-state index contributed by atoms with van der Waals surface area (Å²) in [4.78, 5) is 4.29. The van der Waals surface area contributed by atoms with Gasteiger partial charge in [-0.2, -0.15) is 0 Å². The van der Waals surface area contributed by atoms with E-state index < -0.39 is 0 Å². The van der Waals surface area contributed by atoms with Crippen LogP contribution in [0.4, 0.5) is 0 Å². The summed E-state index contributed by atoms with van der Waals surface area (Å²) in [6, 6.07) is 5.13. The van der Waals surface area contributed by atoms with Crippen LogP contribution in [0.25, 0.3) is 0 Å². The van der Waals surface area contributed by atoms with E-state index in [4.69, 9.17) is 39.5 Å². The van der Waals surface area contributed by atoms with Crippen LogP contribution >= 0.6 is 34.8 Å². The quantitative estimate of drug-likeness (QED) is 0.812. The zero-order chi connectivity index (χ0) is 14.7. The summed E-state index contributed by atoms with van der Waals surface area (Å²) in [7, 11) is 1.88. The van der Waals surface area contributed by atoms with Crippen molar-refractivity contribution in [2.75, 3.05) is 7.05 Å². The van der Waals surface area contributed by atoms with E-state index in [1.54, 1.807) is 18.3 Å². The number of pyridine rings is 1. The molecule has 0 aliphatic rings. The van der Waals surface area contributed by atoms with Crippen molar-refractivity contribution < 1.29 is 4.74 Å². The Hall–Kier alpha value is -1.00. The maximum atomic E-state index is 6.08. The highest BCUT2D eigenvalue weighted by molar-refractivity contribution is 6.43. The molecule has 1 aromatic carbocycles. The molecule has 3 nitrogen and oxygen atoms in total. The molecule has 2 rings (SSSR count). The number of rotatable bonds is 4. The third kappa shape index (κ3) is 3.55. The van der Waals surface area contributed by atoms with Crippen molar-refractivity contribution in [1.82, 2.24) is 10.3 Å². The highest BCUT2D eigenvalue weighted by Gasteiger charge is 2.10. The van der Waals surface area contributed by atoms with Crippen LogP contribution in [0.2, 0.25) is 15.1 Å². The molecule has 0 aliphatic carbocycles. The molecule has 0 spiro atoms. The number of hydrogen-bond acceptors (Lipinski definition) is 3. The van der Waals surface area contributed by atoms with Crippen molar-refractivity contribution >= 4 is 34.8 Å². The fourth-order valence-electron chi connectivity index (χ4n) is 1.71. The fourth-order valence-corrected chi connectivity index (χ4v) is 2.29. The van der Waals surface area contributed by atoms with E-state index in [9.17, 15) is 0 Å². The van der Waals surface area contributed by atoms with Crippen molar-refractivity contribution in [3.8, 4) is 11.6 Å². The van der Waals surface area contributed by atoms with Crippen molar-refractivity contribution in [2.45, 2.75) is 13.5 Å². The summed E-state index contributed by atoms with van der Waals surface area (Å²) < 4.78 is 5.70. The van der Waals surface area contributed by atoms with Crippen LogP contribution in [0.15, 0.2) is 24.4 Å². The molecule has 0 radical (unpaired) electrons. The molecule has 0 aliphatic heterocycles. The van der Waals surface area contributed by atoms with Gasteiger partial charge in [-0.1, -0.05) is 34.8 Å². The van der Waals surface area contributed by atoms with Gasteiger partial charge in [-0.3, -0.25) is 0 Å². The number of aryl methyl sites for hydroxylation is 1. The van der Waals surface area contributed by atoms with Crippen LogP contribution in [0, 0.1) is 6.92 Å². The first kappa shape index (κ1) is 15.4. The topological polar surface area (TPSA) is 34.2 Å². The standard InChI is InChI=1S/C14H13Cl3N2O/c1-8-3-9(6-18-2)7-19-14(8)20-13-5-11(16)10(15)4-12(13)17/h3-5,7,18H,6H2,1-2H3. The van der Waals surface area contributed by atoms with Gasteiger partial charge in [-0.25, -0.2) is 4.98 Å². The lowest BCUT2D eigenvalue weighted by Crippen LogP contribution is -2.06. The van der Waals surface area contributed by atoms with Gasteiger partial charge in [0.05, 0.1) is 15.1 Å². The number of nitrogens with one attached hydrogen (secondary N) is 1. The Kier molecular flexibility index (Phi) is 5.11. The molecule has 1 heterocycles. The SMILES string of the molecule is CNCc1cnc(Oc2cc(Cl)c(Cl)cc2Cl)c(C)c1. The van der Waals surface area contributed by atoms with Gasteiger partial charge in [0.15, 0.2) is 0 Å². The third-order valence-electron chi connectivity index (χ3n) is 2.65. The van der Waals surface area contributed by atoms with Crippen LogP contribution in [0.1, 0.15) is 11.1 Å². The van der Waals surface area contributed by atoms with Crippen molar-refractivity contribution in [3.63, 3.8) is 0 Å². The van der Waals surface area contributed by atoms with E-state index in [1.807, 2.05) is 20.0 Å². The average Bonchev–Trinajstić information content (AvgIpc) is 2.39. The van der Waals surface area contributed by atoms with Crippen LogP contribution in [0.3, 0.4) is 0 Å². The van der Waals surface area contributed by atoms with Gasteiger partial charge in [-0.05, 0) is 31.7 Å². The predicted molar refractivity (Wildman–Crippen MR) is 83.3 cm³/mol. The first-order valence-corrected chi connectivity index (χ1v) is 7.07. The highest BCUT2D eigenvalue weighted by atomic mass is 35.5. The molecule has 0 atom stereocenters. The minimum Gasteiger partial charge on any atom is -0.437 e. The molecule has 1 N–H and O–H groups in total. The second-order valence-corrected chi connectivity index (χ2v) is 5.52. The van der Waals surface area contributed by atoms with Crippen LogP contribution < -0.4 is 10.1 Å². The molecular weight excluding hydrogens is 319 g/mol. The Morgan fingerprint density at radius 3 is 2.45 bits per heavy atom. The zero-order valence-corrected chi connectivity index (χ0v) is 13.3. The Morgan fingerprint density at radius 2 is 1.80 bits per heavy atom. The van der Waals surface area contributed by atoms with Crippen molar-refractivity contribution in [1.29, 1.82) is 0 Å². The monoisotopic (exact) mass is 330 g/mol. The molecule has 6 heteroatoms. The third-order valence-corrected chi connectivity index (χ3v) is 3.67. The fraction of sp³-hybridized carbons (Fsp3) is 0.214. The summed E-state index contributed by atoms with van der Waals surface area (Å²) >= 11 is 17.9. The number of ether oxygens (including phenoxy) is 1. The summed E-state index contributed by atoms with van der Waals surface area (Å²) in [5.74, 6) is 0.920. The van der Waals surface area contributed by atoms with E-state index in [1.165, 1.54) is 0 Å². The summed E-state index contributed by atoms with van der Waals surface area (Å²) in [6.07, 6.45) is 1.75. The van der Waals surface area contributed by atoms with E-state index in [0.717, 1.165) is 17.7 Å². The van der Waals surface area contributed by atoms with Gasteiger partial charge in [0, 0.05) is 24.4 Å². The van der Waals surface area contributed by atoms with E-state index in [0.29, 0.717) is 26.7 Å². The largest absolute Gasteiger partial charge is 0.437 e. The normalized spacial score (nSPS) is 10.7. The summed E-state index contributed by atoms with van der Waals surface area (Å²) in [6.45, 7) is 2.68. The number of halogens is 3. The number of nitrogens with zero attached hydrogens (tertiary/aromatic N) is 1. The lowest BCUT2D eigenvalue weighted by molar-refractivity contribution is 0.458. The van der Waals surface area contributed by atoms with Gasteiger partial charge < -0.3 is 10.1 Å². The molecule has 0 bridgehead atoms. The Balaban J connectivity index is 2.28. The average molecular weight is 332 g/mol. The van der Waals surface area contributed by atoms with Gasteiger partial charge in [0.1, 0.15) is 5.75 Å². The molecule has 0 amide bonds. The number of benzene rings is 1. The number of hydrogen-bond donors (Lipinski definition) is 1. The molecule has 0 saturated heterocycles. The lowest BCUT2D eigenvalue weighted by Gasteiger charge is -2.11. The van der Waals surface area contributed by atoms with Crippen LogP contribution in [0.5, 0.6) is 11.6 Å². The molecule has 20 heavy (non-hydrogen) atoms. The highest BCUT2D eigenvalue weighted by Crippen LogP contribution is 2.36. The van der Waals surface area contributed by atoms with Gasteiger partial charge in [0.25, 0.3) is 0 Å². The molecule has 1 aromatic heterocycles. The summed E-state index contributed by atoms with van der Waals surface area (Å²) in [5, 5.41) is 4.23. The van der Waals surface area contributed by atoms with E-state index in [-0.39, 0.29) is 0 Å². The maximum Gasteiger partial charge on any atom is 0.222 e. The van der Waals surface area contributed by atoms with Crippen molar-refractivity contribution in [3.05, 3.63) is 50.6 Å². The van der Waals surface area contributed by atoms with Crippen LogP contribution in [-0.4, -0.2) is 12.0 Å². The molecule has 0 unspecified atom stereocenters. The second kappa shape index (κ2) is 6.64. The molecule has 0 fully saturated rings. The predicted octanol–water partition coefficient (Wildman–Crippen LogP) is 4.86. The minimum absolute atomic E-state index is 0.385. The maximum absolute atomic E-state index is 6.08. The van der Waals surface area contributed by atoms with Crippen molar-refractivity contribution in [2.24, 2.45) is 0 Å². The first-order chi connectivity index (χ1) is 9.51. The Labute approximate surface area is 132 Å². The zero-order valence-electron chi connectivity index (χ0n) is 11.0. The van der Waals surface area contributed by atoms with E-state index in [2.05, 4.69) is 10.3 Å².